The molecule has 0 bridgehead atoms. The maximum absolute atomic E-state index is 13.9. The van der Waals surface area contributed by atoms with E-state index in [-0.39, 0.29) is 13.2 Å². The van der Waals surface area contributed by atoms with Gasteiger partial charge in [0.1, 0.15) is 23.0 Å². The molecule has 282 valence electrons. The van der Waals surface area contributed by atoms with E-state index in [2.05, 4.69) is 55.4 Å². The maximum Gasteiger partial charge on any atom is 0.587 e. The Bertz CT molecular complexity index is 1490. The first kappa shape index (κ1) is 41.2. The lowest BCUT2D eigenvalue weighted by atomic mass is 10.0. The van der Waals surface area contributed by atoms with E-state index < -0.39 is 15.6 Å². The minimum Gasteiger partial charge on any atom is -0.395 e. The molecule has 0 aliphatic carbocycles. The van der Waals surface area contributed by atoms with Gasteiger partial charge in [-0.25, -0.2) is 9.13 Å². The second kappa shape index (κ2) is 19.5. The topological polar surface area (TPSA) is 89.5 Å². The molecule has 10 heteroatoms. The Morgan fingerprint density at radius 2 is 0.577 bits per heavy atom. The molecule has 0 radical (unpaired) electrons. The fourth-order valence-corrected chi connectivity index (χ4v) is 7.73. The van der Waals surface area contributed by atoms with Gasteiger partial charge in [0.05, 0.1) is 13.2 Å². The van der Waals surface area contributed by atoms with Gasteiger partial charge in [0, 0.05) is 0 Å². The van der Waals surface area contributed by atoms with Gasteiger partial charge in [0.15, 0.2) is 0 Å². The lowest BCUT2D eigenvalue weighted by molar-refractivity contribution is 0.196. The zero-order valence-electron chi connectivity index (χ0n) is 32.0. The Labute approximate surface area is 311 Å². The van der Waals surface area contributed by atoms with Gasteiger partial charge in [-0.1, -0.05) is 117 Å². The molecule has 0 heterocycles. The second-order valence-corrected chi connectivity index (χ2v) is 17.3. The lowest BCUT2D eigenvalue weighted by Gasteiger charge is -2.20. The largest absolute Gasteiger partial charge is 0.587 e. The lowest BCUT2D eigenvalue weighted by Crippen LogP contribution is -2.07. The first-order valence-corrected chi connectivity index (χ1v) is 21.3. The molecule has 0 atom stereocenters. The summed E-state index contributed by atoms with van der Waals surface area (Å²) < 4.78 is 62.9. The summed E-state index contributed by atoms with van der Waals surface area (Å²) in [7, 11) is -8.01. The molecule has 0 spiro atoms. The molecule has 0 aliphatic rings. The van der Waals surface area contributed by atoms with E-state index in [0.717, 1.165) is 35.1 Å². The number of hydrogen-bond acceptors (Lipinski definition) is 8. The first-order chi connectivity index (χ1) is 24.7. The third-order valence-electron chi connectivity index (χ3n) is 8.59. The van der Waals surface area contributed by atoms with Gasteiger partial charge >= 0.3 is 15.6 Å². The van der Waals surface area contributed by atoms with Crippen molar-refractivity contribution in [3.8, 4) is 23.0 Å². The van der Waals surface area contributed by atoms with Gasteiger partial charge in [-0.15, -0.1) is 0 Å². The Morgan fingerprint density at radius 3 is 0.769 bits per heavy atom. The average molecular weight is 751 g/mol. The molecule has 4 rings (SSSR count). The number of phosphoric acid groups is 2. The van der Waals surface area contributed by atoms with E-state index in [1.807, 2.05) is 48.5 Å². The highest BCUT2D eigenvalue weighted by atomic mass is 31.2. The number of rotatable bonds is 21. The Balaban J connectivity index is 1.32. The third kappa shape index (κ3) is 13.1. The molecule has 0 aliphatic heterocycles. The molecule has 0 saturated heterocycles. The Kier molecular flexibility index (Phi) is 15.5. The van der Waals surface area contributed by atoms with E-state index >= 15 is 0 Å². The van der Waals surface area contributed by atoms with Crippen LogP contribution in [0.1, 0.15) is 127 Å². The van der Waals surface area contributed by atoms with Crippen molar-refractivity contribution < 1.29 is 36.3 Å². The van der Waals surface area contributed by atoms with E-state index in [1.165, 1.54) is 0 Å². The molecular weight excluding hydrogens is 694 g/mol. The highest BCUT2D eigenvalue weighted by Crippen LogP contribution is 2.51. The SMILES string of the molecule is CC(C)c1ccc(OP(=O)(OCCCCCCOP(=O)(Oc2ccc(C(C)C)cc2)Oc2ccc(C(C)C)cc2)Oc2ccc(C(C)C)cc2)cc1. The van der Waals surface area contributed by atoms with Crippen molar-refractivity contribution in [1.29, 1.82) is 0 Å². The smallest absolute Gasteiger partial charge is 0.395 e. The second-order valence-electron chi connectivity index (χ2n) is 14.2. The maximum atomic E-state index is 13.9. The van der Waals surface area contributed by atoms with E-state index in [9.17, 15) is 9.13 Å². The predicted molar refractivity (Wildman–Crippen MR) is 210 cm³/mol. The third-order valence-corrected chi connectivity index (χ3v) is 11.3. The van der Waals surface area contributed by atoms with Crippen molar-refractivity contribution in [2.45, 2.75) is 105 Å². The molecule has 0 amide bonds. The summed E-state index contributed by atoms with van der Waals surface area (Å²) in [5.74, 6) is 3.05. The molecule has 4 aromatic rings. The quantitative estimate of drug-likeness (QED) is 0.0614. The summed E-state index contributed by atoms with van der Waals surface area (Å²) in [5, 5.41) is 0. The van der Waals surface area contributed by atoms with E-state index in [4.69, 9.17) is 27.1 Å². The standard InChI is InChI=1S/C42H56O8P2/c1-31(2)35-13-21-39(22-14-35)47-51(43,48-40-23-15-36(16-24-40)32(3)4)45-29-11-9-10-12-30-46-52(44,49-41-25-17-37(18-26-41)33(5)6)50-42-27-19-38(20-28-42)34(7)8/h13-28,31-34H,9-12,29-30H2,1-8H3. The van der Waals surface area contributed by atoms with E-state index in [0.29, 0.717) is 59.5 Å². The van der Waals surface area contributed by atoms with Gasteiger partial charge in [0.2, 0.25) is 0 Å². The zero-order valence-corrected chi connectivity index (χ0v) is 33.7. The monoisotopic (exact) mass is 750 g/mol. The van der Waals surface area contributed by atoms with Crippen LogP contribution in [0.3, 0.4) is 0 Å². The van der Waals surface area contributed by atoms with Gasteiger partial charge < -0.3 is 18.1 Å². The van der Waals surface area contributed by atoms with Crippen LogP contribution in [-0.4, -0.2) is 13.2 Å². The van der Waals surface area contributed by atoms with E-state index in [1.54, 1.807) is 48.5 Å². The average Bonchev–Trinajstić information content (AvgIpc) is 3.10. The molecule has 8 nitrogen and oxygen atoms in total. The summed E-state index contributed by atoms with van der Waals surface area (Å²) in [4.78, 5) is 0. The van der Waals surface area contributed by atoms with Crippen LogP contribution in [0.25, 0.3) is 0 Å². The minimum atomic E-state index is -4.00. The van der Waals surface area contributed by atoms with Crippen LogP contribution < -0.4 is 18.1 Å². The fraction of sp³-hybridized carbons (Fsp3) is 0.429. The number of unbranched alkanes of at least 4 members (excludes halogenated alkanes) is 3. The van der Waals surface area contributed by atoms with Gasteiger partial charge in [-0.2, -0.15) is 0 Å². The van der Waals surface area contributed by atoms with Crippen molar-refractivity contribution in [2.24, 2.45) is 0 Å². The molecule has 0 N–H and O–H groups in total. The number of benzene rings is 4. The van der Waals surface area contributed by atoms with Crippen molar-refractivity contribution in [1.82, 2.24) is 0 Å². The summed E-state index contributed by atoms with van der Waals surface area (Å²) in [6.45, 7) is 17.2. The molecule has 0 saturated carbocycles. The van der Waals surface area contributed by atoms with Crippen LogP contribution in [-0.2, 0) is 18.2 Å². The van der Waals surface area contributed by atoms with Gasteiger partial charge in [0.25, 0.3) is 0 Å². The molecule has 4 aromatic carbocycles. The first-order valence-electron chi connectivity index (χ1n) is 18.4. The summed E-state index contributed by atoms with van der Waals surface area (Å²) in [5.41, 5.74) is 4.58. The Morgan fingerprint density at radius 1 is 0.365 bits per heavy atom. The molecule has 0 unspecified atom stereocenters. The van der Waals surface area contributed by atoms with Crippen LogP contribution in [0, 0.1) is 0 Å². The number of phosphoric ester groups is 2. The van der Waals surface area contributed by atoms with Gasteiger partial charge in [-0.3, -0.25) is 9.05 Å². The van der Waals surface area contributed by atoms with Crippen LogP contribution in [0.5, 0.6) is 23.0 Å². The molecule has 0 fully saturated rings. The van der Waals surface area contributed by atoms with Crippen molar-refractivity contribution in [2.75, 3.05) is 13.2 Å². The predicted octanol–water partition coefficient (Wildman–Crippen LogP) is 13.6. The van der Waals surface area contributed by atoms with Crippen molar-refractivity contribution >= 4 is 15.6 Å². The summed E-state index contributed by atoms with van der Waals surface area (Å²) in [6, 6.07) is 29.8. The highest BCUT2D eigenvalue weighted by Gasteiger charge is 2.32. The highest BCUT2D eigenvalue weighted by molar-refractivity contribution is 7.49. The Hall–Kier alpha value is -3.54. The van der Waals surface area contributed by atoms with Crippen LogP contribution in [0.4, 0.5) is 0 Å². The molecule has 52 heavy (non-hydrogen) atoms. The normalized spacial score (nSPS) is 12.2. The van der Waals surface area contributed by atoms with Crippen molar-refractivity contribution in [3.05, 3.63) is 119 Å². The molecular formula is C42H56O8P2. The summed E-state index contributed by atoms with van der Waals surface area (Å²) >= 11 is 0. The van der Waals surface area contributed by atoms with Gasteiger partial charge in [-0.05, 0) is 107 Å². The van der Waals surface area contributed by atoms with Crippen LogP contribution in [0.15, 0.2) is 97.1 Å². The molecule has 0 aromatic heterocycles. The van der Waals surface area contributed by atoms with Crippen LogP contribution in [0.2, 0.25) is 0 Å². The minimum absolute atomic E-state index is 0.162. The number of hydrogen-bond donors (Lipinski definition) is 0. The van der Waals surface area contributed by atoms with Crippen LogP contribution >= 0.6 is 15.6 Å². The van der Waals surface area contributed by atoms with Crippen molar-refractivity contribution in [3.63, 3.8) is 0 Å². The zero-order chi connectivity index (χ0) is 37.7. The fourth-order valence-electron chi connectivity index (χ4n) is 5.22. The summed E-state index contributed by atoms with van der Waals surface area (Å²) in [6.07, 6.45) is 2.69.